The van der Waals surface area contributed by atoms with Crippen LogP contribution >= 0.6 is 0 Å². The van der Waals surface area contributed by atoms with Crippen molar-refractivity contribution in [1.82, 2.24) is 14.3 Å². The molecule has 1 aliphatic heterocycles. The van der Waals surface area contributed by atoms with Crippen molar-refractivity contribution in [2.45, 2.75) is 37.4 Å². The van der Waals surface area contributed by atoms with Crippen LogP contribution in [0.2, 0.25) is 0 Å². The lowest BCUT2D eigenvalue weighted by Gasteiger charge is -2.09. The highest BCUT2D eigenvalue weighted by atomic mass is 32.2. The Kier molecular flexibility index (Phi) is 5.69. The molecule has 1 N–H and O–H groups in total. The zero-order chi connectivity index (χ0) is 21.1. The van der Waals surface area contributed by atoms with Gasteiger partial charge in [-0.3, -0.25) is 0 Å². The van der Waals surface area contributed by atoms with E-state index in [1.54, 1.807) is 4.57 Å². The van der Waals surface area contributed by atoms with Crippen LogP contribution in [0.25, 0.3) is 11.1 Å². The molecule has 0 saturated heterocycles. The molecule has 1 aromatic heterocycles. The number of aromatic nitrogens is 2. The van der Waals surface area contributed by atoms with Crippen LogP contribution in [-0.4, -0.2) is 36.3 Å². The molecule has 0 amide bonds. The summed E-state index contributed by atoms with van der Waals surface area (Å²) in [6, 6.07) is 18.4. The van der Waals surface area contributed by atoms with Crippen LogP contribution in [-0.2, 0) is 14.9 Å². The minimum Gasteiger partial charge on any atom is -0.390 e. The van der Waals surface area contributed by atoms with Crippen LogP contribution in [0.3, 0.4) is 0 Å². The fraction of sp³-hybridized carbons (Fsp3) is 0.273. The molecule has 7 nitrogen and oxygen atoms in total. The van der Waals surface area contributed by atoms with E-state index in [1.807, 2.05) is 56.3 Å². The molecule has 2 aromatic carbocycles. The number of sulfonamides is 1. The lowest BCUT2D eigenvalue weighted by Crippen LogP contribution is -2.32. The molecule has 8 heteroatoms. The number of hydrogen-bond donors (Lipinski definition) is 1. The van der Waals surface area contributed by atoms with E-state index in [-0.39, 0.29) is 23.7 Å². The summed E-state index contributed by atoms with van der Waals surface area (Å²) in [5.41, 5.74) is 4.06. The van der Waals surface area contributed by atoms with Gasteiger partial charge in [0, 0.05) is 18.7 Å². The standard InChI is InChI=1S/C22H24N4O3S/c1-16(2)26-14-22(23-15-26)30(27,28)24-13-20-12-21(25-29-20)19-10-8-18(9-11-19)17-6-4-3-5-7-17/h3-11,14-16,20,24H,12-13H2,1-2H3. The molecule has 1 unspecified atom stereocenters. The summed E-state index contributed by atoms with van der Waals surface area (Å²) >= 11 is 0. The number of benzene rings is 2. The van der Waals surface area contributed by atoms with Gasteiger partial charge in [0.25, 0.3) is 10.0 Å². The Hall–Kier alpha value is -2.97. The second-order valence-corrected chi connectivity index (χ2v) is 9.23. The van der Waals surface area contributed by atoms with Gasteiger partial charge in [-0.2, -0.15) is 0 Å². The topological polar surface area (TPSA) is 85.6 Å². The predicted octanol–water partition coefficient (Wildman–Crippen LogP) is 3.60. The molecule has 1 aliphatic rings. The average Bonchev–Trinajstić information content (AvgIpc) is 3.44. The SMILES string of the molecule is CC(C)n1cnc(S(=O)(=O)NCC2CC(c3ccc(-c4ccccc4)cc3)=NO2)c1. The Morgan fingerprint density at radius 2 is 1.73 bits per heavy atom. The monoisotopic (exact) mass is 424 g/mol. The molecule has 156 valence electrons. The van der Waals surface area contributed by atoms with E-state index in [2.05, 4.69) is 27.0 Å². The molecule has 0 bridgehead atoms. The van der Waals surface area contributed by atoms with Gasteiger partial charge in [-0.25, -0.2) is 18.1 Å². The molecular weight excluding hydrogens is 400 g/mol. The van der Waals surface area contributed by atoms with Crippen molar-refractivity contribution in [3.05, 3.63) is 72.7 Å². The van der Waals surface area contributed by atoms with Gasteiger partial charge in [-0.15, -0.1) is 0 Å². The fourth-order valence-corrected chi connectivity index (χ4v) is 4.21. The zero-order valence-corrected chi connectivity index (χ0v) is 17.7. The van der Waals surface area contributed by atoms with E-state index in [0.29, 0.717) is 6.42 Å². The third-order valence-electron chi connectivity index (χ3n) is 5.01. The first-order valence-electron chi connectivity index (χ1n) is 9.84. The number of imidazole rings is 1. The van der Waals surface area contributed by atoms with Gasteiger partial charge in [0.1, 0.15) is 6.10 Å². The van der Waals surface area contributed by atoms with Gasteiger partial charge >= 0.3 is 0 Å². The highest BCUT2D eigenvalue weighted by Gasteiger charge is 2.25. The van der Waals surface area contributed by atoms with Crippen molar-refractivity contribution in [2.75, 3.05) is 6.54 Å². The summed E-state index contributed by atoms with van der Waals surface area (Å²) in [7, 11) is -3.69. The number of nitrogens with zero attached hydrogens (tertiary/aromatic N) is 3. The number of hydrogen-bond acceptors (Lipinski definition) is 5. The third kappa shape index (κ3) is 4.44. The van der Waals surface area contributed by atoms with E-state index in [9.17, 15) is 8.42 Å². The molecule has 3 aromatic rings. The number of oxime groups is 1. The van der Waals surface area contributed by atoms with Crippen LogP contribution in [0.1, 0.15) is 31.9 Å². The molecule has 4 rings (SSSR count). The molecule has 0 saturated carbocycles. The van der Waals surface area contributed by atoms with Crippen LogP contribution in [0.15, 0.2) is 77.3 Å². The summed E-state index contributed by atoms with van der Waals surface area (Å²) < 4.78 is 29.3. The smallest absolute Gasteiger partial charge is 0.259 e. The quantitative estimate of drug-likeness (QED) is 0.628. The first kappa shape index (κ1) is 20.3. The molecule has 30 heavy (non-hydrogen) atoms. The first-order valence-corrected chi connectivity index (χ1v) is 11.3. The maximum atomic E-state index is 12.5. The molecule has 0 radical (unpaired) electrons. The maximum Gasteiger partial charge on any atom is 0.259 e. The van der Waals surface area contributed by atoms with E-state index in [1.165, 1.54) is 12.5 Å². The van der Waals surface area contributed by atoms with Gasteiger partial charge in [0.05, 0.1) is 18.6 Å². The summed E-state index contributed by atoms with van der Waals surface area (Å²) in [6.07, 6.45) is 3.23. The van der Waals surface area contributed by atoms with Crippen LogP contribution in [0, 0.1) is 0 Å². The summed E-state index contributed by atoms with van der Waals surface area (Å²) in [6.45, 7) is 4.05. The van der Waals surface area contributed by atoms with Crippen LogP contribution in [0.5, 0.6) is 0 Å². The molecule has 0 fully saturated rings. The van der Waals surface area contributed by atoms with Crippen molar-refractivity contribution >= 4 is 15.7 Å². The summed E-state index contributed by atoms with van der Waals surface area (Å²) in [5, 5.41) is 4.16. The number of rotatable bonds is 7. The molecule has 2 heterocycles. The summed E-state index contributed by atoms with van der Waals surface area (Å²) in [4.78, 5) is 9.44. The second-order valence-electron chi connectivity index (χ2n) is 7.52. The number of nitrogens with one attached hydrogen (secondary N) is 1. The fourth-order valence-electron chi connectivity index (χ4n) is 3.21. The normalized spacial score (nSPS) is 16.5. The van der Waals surface area contributed by atoms with Gasteiger partial charge in [-0.1, -0.05) is 59.8 Å². The highest BCUT2D eigenvalue weighted by molar-refractivity contribution is 7.89. The molecule has 1 atom stereocenters. The minimum absolute atomic E-state index is 0.00633. The average molecular weight is 425 g/mol. The Morgan fingerprint density at radius 3 is 2.40 bits per heavy atom. The maximum absolute atomic E-state index is 12.5. The van der Waals surface area contributed by atoms with Crippen molar-refractivity contribution in [2.24, 2.45) is 5.16 Å². The van der Waals surface area contributed by atoms with Gasteiger partial charge in [-0.05, 0) is 30.5 Å². The molecule has 0 aliphatic carbocycles. The zero-order valence-electron chi connectivity index (χ0n) is 16.9. The Bertz CT molecular complexity index is 1140. The van der Waals surface area contributed by atoms with Gasteiger partial charge < -0.3 is 9.40 Å². The third-order valence-corrected chi connectivity index (χ3v) is 6.32. The van der Waals surface area contributed by atoms with Crippen LogP contribution < -0.4 is 4.72 Å². The van der Waals surface area contributed by atoms with Gasteiger partial charge in [0.2, 0.25) is 0 Å². The van der Waals surface area contributed by atoms with E-state index in [4.69, 9.17) is 4.84 Å². The van der Waals surface area contributed by atoms with Crippen molar-refractivity contribution in [3.8, 4) is 11.1 Å². The van der Waals surface area contributed by atoms with Crippen molar-refractivity contribution < 1.29 is 13.3 Å². The molecular formula is C22H24N4O3S. The Labute approximate surface area is 176 Å². The highest BCUT2D eigenvalue weighted by Crippen LogP contribution is 2.22. The predicted molar refractivity (Wildman–Crippen MR) is 116 cm³/mol. The lowest BCUT2D eigenvalue weighted by atomic mass is 10.0. The largest absolute Gasteiger partial charge is 0.390 e. The molecule has 0 spiro atoms. The first-order chi connectivity index (χ1) is 14.4. The minimum atomic E-state index is -3.69. The Balaban J connectivity index is 1.35. The lowest BCUT2D eigenvalue weighted by molar-refractivity contribution is 0.0891. The van der Waals surface area contributed by atoms with Crippen molar-refractivity contribution in [1.29, 1.82) is 0 Å². The van der Waals surface area contributed by atoms with E-state index >= 15 is 0 Å². The second kappa shape index (κ2) is 8.41. The Morgan fingerprint density at radius 1 is 1.07 bits per heavy atom. The van der Waals surface area contributed by atoms with Crippen LogP contribution in [0.4, 0.5) is 0 Å². The van der Waals surface area contributed by atoms with Crippen molar-refractivity contribution in [3.63, 3.8) is 0 Å². The summed E-state index contributed by atoms with van der Waals surface area (Å²) in [5.74, 6) is 0. The van der Waals surface area contributed by atoms with E-state index < -0.39 is 10.0 Å². The van der Waals surface area contributed by atoms with Gasteiger partial charge in [0.15, 0.2) is 5.03 Å². The van der Waals surface area contributed by atoms with E-state index in [0.717, 1.165) is 22.4 Å².